The van der Waals surface area contributed by atoms with Gasteiger partial charge in [-0.3, -0.25) is 0 Å². The molecule has 0 saturated heterocycles. The maximum Gasteiger partial charge on any atom is 0.201 e. The monoisotopic (exact) mass is 323 g/mol. The molecule has 1 aromatic heterocycles. The molecule has 5 heteroatoms. The number of aryl methyl sites for hydroxylation is 3. The van der Waals surface area contributed by atoms with Gasteiger partial charge in [0.1, 0.15) is 10.4 Å². The van der Waals surface area contributed by atoms with E-state index in [1.165, 1.54) is 5.56 Å². The minimum Gasteiger partial charge on any atom is -0.496 e. The van der Waals surface area contributed by atoms with Gasteiger partial charge >= 0.3 is 0 Å². The number of aromatic nitrogens is 2. The quantitative estimate of drug-likeness (QED) is 0.941. The third kappa shape index (κ3) is 2.92. The molecule has 0 radical (unpaired) electrons. The third-order valence-electron chi connectivity index (χ3n) is 3.24. The summed E-state index contributed by atoms with van der Waals surface area (Å²) in [4.78, 5) is 4.35. The van der Waals surface area contributed by atoms with Crippen molar-refractivity contribution in [2.75, 3.05) is 12.8 Å². The number of ether oxygens (including phenoxy) is 1. The number of hydrogen-bond acceptors (Lipinski definition) is 3. The zero-order valence-corrected chi connectivity index (χ0v) is 13.0. The van der Waals surface area contributed by atoms with E-state index >= 15 is 0 Å². The molecule has 102 valence electrons. The molecule has 0 amide bonds. The van der Waals surface area contributed by atoms with Gasteiger partial charge in [-0.05, 0) is 52.9 Å². The molecule has 0 saturated carbocycles. The first-order valence-electron chi connectivity index (χ1n) is 6.13. The normalized spacial score (nSPS) is 10.7. The summed E-state index contributed by atoms with van der Waals surface area (Å²) < 4.78 is 8.06. The van der Waals surface area contributed by atoms with E-state index < -0.39 is 0 Å². The van der Waals surface area contributed by atoms with Crippen LogP contribution in [0.5, 0.6) is 5.75 Å². The summed E-state index contributed by atoms with van der Waals surface area (Å²) >= 11 is 3.51. The molecule has 0 aliphatic carbocycles. The molecule has 0 spiro atoms. The smallest absolute Gasteiger partial charge is 0.201 e. The molecule has 0 bridgehead atoms. The Balaban J connectivity index is 2.10. The second-order valence-electron chi connectivity index (χ2n) is 4.57. The number of rotatable bonds is 4. The summed E-state index contributed by atoms with van der Waals surface area (Å²) in [7, 11) is 3.59. The first-order valence-corrected chi connectivity index (χ1v) is 6.92. The fourth-order valence-electron chi connectivity index (χ4n) is 2.07. The Bertz CT molecular complexity index is 593. The first kappa shape index (κ1) is 13.9. The minimum absolute atomic E-state index is 0.535. The second-order valence-corrected chi connectivity index (χ2v) is 5.32. The van der Waals surface area contributed by atoms with Crippen molar-refractivity contribution < 1.29 is 4.74 Å². The molecule has 0 aliphatic heterocycles. The van der Waals surface area contributed by atoms with E-state index in [1.54, 1.807) is 7.11 Å². The van der Waals surface area contributed by atoms with Gasteiger partial charge in [-0.25, -0.2) is 4.98 Å². The molecule has 0 atom stereocenters. The fourth-order valence-corrected chi connectivity index (χ4v) is 2.54. The highest BCUT2D eigenvalue weighted by Crippen LogP contribution is 2.22. The zero-order chi connectivity index (χ0) is 14.0. The Hall–Kier alpha value is -1.49. The van der Waals surface area contributed by atoms with Crippen molar-refractivity contribution in [1.82, 2.24) is 9.55 Å². The molecule has 2 N–H and O–H groups in total. The van der Waals surface area contributed by atoms with Gasteiger partial charge in [0.25, 0.3) is 0 Å². The van der Waals surface area contributed by atoms with Crippen LogP contribution in [0.2, 0.25) is 0 Å². The number of benzene rings is 1. The molecule has 19 heavy (non-hydrogen) atoms. The fraction of sp³-hybridized carbons (Fsp3) is 0.357. The van der Waals surface area contributed by atoms with Crippen molar-refractivity contribution in [2.24, 2.45) is 7.05 Å². The molecule has 0 aliphatic rings. The lowest BCUT2D eigenvalue weighted by Gasteiger charge is -2.07. The minimum atomic E-state index is 0.535. The Kier molecular flexibility index (Phi) is 4.14. The van der Waals surface area contributed by atoms with Gasteiger partial charge in [0.15, 0.2) is 0 Å². The lowest BCUT2D eigenvalue weighted by atomic mass is 10.1. The van der Waals surface area contributed by atoms with Crippen molar-refractivity contribution in [3.8, 4) is 5.75 Å². The van der Waals surface area contributed by atoms with Crippen LogP contribution in [0.25, 0.3) is 0 Å². The Labute approximate surface area is 121 Å². The average Bonchev–Trinajstić information content (AvgIpc) is 2.64. The SMILES string of the molecule is COc1ccc(CCc2nc(N)n(C)c2Br)cc1C. The predicted octanol–water partition coefficient (Wildman–Crippen LogP) is 2.87. The van der Waals surface area contributed by atoms with E-state index in [-0.39, 0.29) is 0 Å². The summed E-state index contributed by atoms with van der Waals surface area (Å²) in [5.41, 5.74) is 9.20. The Morgan fingerprint density at radius 1 is 1.37 bits per heavy atom. The van der Waals surface area contributed by atoms with E-state index in [1.807, 2.05) is 17.7 Å². The van der Waals surface area contributed by atoms with Gasteiger partial charge in [0.05, 0.1) is 12.8 Å². The van der Waals surface area contributed by atoms with Crippen LogP contribution in [0.3, 0.4) is 0 Å². The van der Waals surface area contributed by atoms with Gasteiger partial charge < -0.3 is 15.0 Å². The van der Waals surface area contributed by atoms with Crippen LogP contribution >= 0.6 is 15.9 Å². The van der Waals surface area contributed by atoms with Crippen molar-refractivity contribution in [2.45, 2.75) is 19.8 Å². The van der Waals surface area contributed by atoms with Crippen LogP contribution in [-0.2, 0) is 19.9 Å². The number of anilines is 1. The molecule has 4 nitrogen and oxygen atoms in total. The number of nitrogen functional groups attached to an aromatic ring is 1. The number of nitrogens with two attached hydrogens (primary N) is 1. The van der Waals surface area contributed by atoms with E-state index in [9.17, 15) is 0 Å². The molecular formula is C14H18BrN3O. The van der Waals surface area contributed by atoms with Crippen molar-refractivity contribution in [1.29, 1.82) is 0 Å². The van der Waals surface area contributed by atoms with E-state index in [0.717, 1.165) is 34.5 Å². The summed E-state index contributed by atoms with van der Waals surface area (Å²) in [6, 6.07) is 6.25. The number of halogens is 1. The predicted molar refractivity (Wildman–Crippen MR) is 80.5 cm³/mol. The van der Waals surface area contributed by atoms with Crippen LogP contribution in [0, 0.1) is 6.92 Å². The topological polar surface area (TPSA) is 53.1 Å². The molecule has 0 fully saturated rings. The summed E-state index contributed by atoms with van der Waals surface area (Å²) in [5.74, 6) is 1.46. The molecule has 2 rings (SSSR count). The third-order valence-corrected chi connectivity index (χ3v) is 4.23. The van der Waals surface area contributed by atoms with Crippen LogP contribution < -0.4 is 10.5 Å². The van der Waals surface area contributed by atoms with Crippen molar-refractivity contribution in [3.63, 3.8) is 0 Å². The number of nitrogens with zero attached hydrogens (tertiary/aromatic N) is 2. The number of imidazole rings is 1. The summed E-state index contributed by atoms with van der Waals surface area (Å²) in [5, 5.41) is 0. The highest BCUT2D eigenvalue weighted by atomic mass is 79.9. The van der Waals surface area contributed by atoms with Crippen molar-refractivity contribution >= 4 is 21.9 Å². The van der Waals surface area contributed by atoms with Crippen LogP contribution in [-0.4, -0.2) is 16.7 Å². The maximum absolute atomic E-state index is 5.78. The first-order chi connectivity index (χ1) is 9.02. The zero-order valence-electron chi connectivity index (χ0n) is 11.4. The van der Waals surface area contributed by atoms with E-state index in [2.05, 4.69) is 40.0 Å². The molecule has 0 unspecified atom stereocenters. The van der Waals surface area contributed by atoms with Gasteiger partial charge in [-0.2, -0.15) is 0 Å². The van der Waals surface area contributed by atoms with Gasteiger partial charge in [-0.1, -0.05) is 12.1 Å². The van der Waals surface area contributed by atoms with Gasteiger partial charge in [0, 0.05) is 7.05 Å². The van der Waals surface area contributed by atoms with Gasteiger partial charge in [0.2, 0.25) is 5.95 Å². The molecule has 2 aromatic rings. The second kappa shape index (κ2) is 5.65. The Morgan fingerprint density at radius 3 is 2.63 bits per heavy atom. The molecule has 1 aromatic carbocycles. The summed E-state index contributed by atoms with van der Waals surface area (Å²) in [6.45, 7) is 2.05. The highest BCUT2D eigenvalue weighted by Gasteiger charge is 2.10. The number of hydrogen-bond donors (Lipinski definition) is 1. The highest BCUT2D eigenvalue weighted by molar-refractivity contribution is 9.10. The summed E-state index contributed by atoms with van der Waals surface area (Å²) in [6.07, 6.45) is 1.79. The largest absolute Gasteiger partial charge is 0.496 e. The molecule has 1 heterocycles. The lowest BCUT2D eigenvalue weighted by molar-refractivity contribution is 0.411. The van der Waals surface area contributed by atoms with Gasteiger partial charge in [-0.15, -0.1) is 0 Å². The van der Waals surface area contributed by atoms with E-state index in [4.69, 9.17) is 10.5 Å². The Morgan fingerprint density at radius 2 is 2.11 bits per heavy atom. The molecular weight excluding hydrogens is 306 g/mol. The lowest BCUT2D eigenvalue weighted by Crippen LogP contribution is -1.96. The van der Waals surface area contributed by atoms with Crippen LogP contribution in [0.15, 0.2) is 22.8 Å². The standard InChI is InChI=1S/C14H18BrN3O/c1-9-8-10(5-7-12(9)19-3)4-6-11-13(15)18(2)14(16)17-11/h5,7-8H,4,6H2,1-3H3,(H2,16,17). The van der Waals surface area contributed by atoms with Crippen LogP contribution in [0.1, 0.15) is 16.8 Å². The van der Waals surface area contributed by atoms with Crippen LogP contribution in [0.4, 0.5) is 5.95 Å². The van der Waals surface area contributed by atoms with Crippen molar-refractivity contribution in [3.05, 3.63) is 39.6 Å². The number of methoxy groups -OCH3 is 1. The maximum atomic E-state index is 5.78. The van der Waals surface area contributed by atoms with E-state index in [0.29, 0.717) is 5.95 Å². The average molecular weight is 324 g/mol.